The Hall–Kier alpha value is -2.26. The van der Waals surface area contributed by atoms with Gasteiger partial charge >= 0.3 is 12.3 Å². The van der Waals surface area contributed by atoms with Crippen molar-refractivity contribution in [3.63, 3.8) is 0 Å². The monoisotopic (exact) mass is 281 g/mol. The van der Waals surface area contributed by atoms with E-state index in [0.717, 1.165) is 0 Å². The molecule has 0 saturated carbocycles. The lowest BCUT2D eigenvalue weighted by Gasteiger charge is -2.14. The van der Waals surface area contributed by atoms with Crippen molar-refractivity contribution in [3.05, 3.63) is 50.4 Å². The van der Waals surface area contributed by atoms with E-state index >= 15 is 0 Å². The second-order valence-corrected chi connectivity index (χ2v) is 3.38. The van der Waals surface area contributed by atoms with Gasteiger partial charge in [0.25, 0.3) is 11.4 Å². The maximum atomic E-state index is 12.8. The lowest BCUT2D eigenvalue weighted by molar-refractivity contribution is -0.394. The predicted molar refractivity (Wildman–Crippen MR) is 54.1 cm³/mol. The molecule has 0 heterocycles. The molecule has 0 aromatic heterocycles. The fourth-order valence-electron chi connectivity index (χ4n) is 1.20. The van der Waals surface area contributed by atoms with E-state index in [9.17, 15) is 37.8 Å². The number of hydrogen-bond acceptors (Lipinski definition) is 4. The summed E-state index contributed by atoms with van der Waals surface area (Å²) in [6, 6.07) is 1.75. The third-order valence-corrected chi connectivity index (χ3v) is 2.06. The second-order valence-electron chi connectivity index (χ2n) is 3.38. The predicted octanol–water partition coefficient (Wildman–Crippen LogP) is 2.96. The summed E-state index contributed by atoms with van der Waals surface area (Å²) in [6.45, 7) is 0. The van der Waals surface area contributed by atoms with Crippen LogP contribution >= 0.6 is 0 Å². The first-order valence-corrected chi connectivity index (χ1v) is 4.60. The van der Waals surface area contributed by atoms with Crippen molar-refractivity contribution in [1.29, 1.82) is 0 Å². The maximum absolute atomic E-state index is 12.8. The molecule has 19 heavy (non-hydrogen) atoms. The molecule has 0 aliphatic rings. The molecule has 0 bridgehead atoms. The van der Waals surface area contributed by atoms with Crippen LogP contribution in [0.3, 0.4) is 0 Å². The molecule has 0 aliphatic carbocycles. The molecule has 0 N–H and O–H groups in total. The summed E-state index contributed by atoms with van der Waals surface area (Å²) >= 11 is 0. The van der Waals surface area contributed by atoms with Crippen LogP contribution in [0.5, 0.6) is 0 Å². The highest BCUT2D eigenvalue weighted by Crippen LogP contribution is 2.34. The normalized spacial score (nSPS) is 11.6. The Morgan fingerprint density at radius 3 is 2.16 bits per heavy atom. The molecular weight excluding hydrogens is 276 g/mol. The Bertz CT molecular complexity index is 521. The van der Waals surface area contributed by atoms with Gasteiger partial charge in [-0.1, -0.05) is 0 Å². The van der Waals surface area contributed by atoms with Crippen LogP contribution in [-0.2, 0) is 0 Å². The fraction of sp³-hybridized carbons (Fsp3) is 0.222. The van der Waals surface area contributed by atoms with E-state index in [0.29, 0.717) is 18.2 Å². The van der Waals surface area contributed by atoms with E-state index in [1.54, 1.807) is 0 Å². The van der Waals surface area contributed by atoms with Gasteiger partial charge in [-0.25, -0.2) is 8.78 Å². The Labute approximate surface area is 102 Å². The molecule has 0 spiro atoms. The van der Waals surface area contributed by atoms with Gasteiger partial charge in [0.1, 0.15) is 0 Å². The lowest BCUT2D eigenvalue weighted by Crippen LogP contribution is -2.27. The summed E-state index contributed by atoms with van der Waals surface area (Å²) in [6.07, 6.45) is -4.33. The number of nitro groups is 2. The molecule has 1 rings (SSSR count). The van der Waals surface area contributed by atoms with Crippen molar-refractivity contribution in [1.82, 2.24) is 0 Å². The Balaban J connectivity index is 3.21. The van der Waals surface area contributed by atoms with Crippen LogP contribution in [0.2, 0.25) is 0 Å². The van der Waals surface area contributed by atoms with Crippen molar-refractivity contribution in [2.45, 2.75) is 12.3 Å². The average molecular weight is 281 g/mol. The van der Waals surface area contributed by atoms with Crippen LogP contribution in [0.1, 0.15) is 5.56 Å². The molecule has 10 heteroatoms. The van der Waals surface area contributed by atoms with Gasteiger partial charge in [-0.3, -0.25) is 20.2 Å². The van der Waals surface area contributed by atoms with Gasteiger partial charge in [-0.15, -0.1) is 0 Å². The van der Waals surface area contributed by atoms with Gasteiger partial charge in [0.2, 0.25) is 0 Å². The summed E-state index contributed by atoms with van der Waals surface area (Å²) in [4.78, 5) is 18.8. The van der Waals surface area contributed by atoms with E-state index < -0.39 is 39.1 Å². The van der Waals surface area contributed by atoms with E-state index in [2.05, 4.69) is 0 Å². The van der Waals surface area contributed by atoms with Crippen LogP contribution in [-0.4, -0.2) is 22.2 Å². The zero-order valence-corrected chi connectivity index (χ0v) is 8.93. The molecule has 0 unspecified atom stereocenters. The van der Waals surface area contributed by atoms with Gasteiger partial charge in [0, 0.05) is 11.6 Å². The molecule has 0 aliphatic heterocycles. The fourth-order valence-corrected chi connectivity index (χ4v) is 1.20. The standard InChI is InChI=1S/C9H5F4N2O4/c10-8(11)9(12,13)4-5-1-2-6(14(16)17)3-7(5)15(18)19/h1-4,8H. The highest BCUT2D eigenvalue weighted by molar-refractivity contribution is 5.52. The van der Waals surface area contributed by atoms with Crippen LogP contribution in [0, 0.1) is 26.6 Å². The third kappa shape index (κ3) is 3.36. The largest absolute Gasteiger partial charge is 0.315 e. The summed E-state index contributed by atoms with van der Waals surface area (Å²) in [5.41, 5.74) is -2.57. The molecule has 103 valence electrons. The first-order chi connectivity index (χ1) is 8.65. The second kappa shape index (κ2) is 5.16. The zero-order valence-electron chi connectivity index (χ0n) is 8.93. The zero-order chi connectivity index (χ0) is 14.8. The number of alkyl halides is 4. The van der Waals surface area contributed by atoms with Crippen molar-refractivity contribution >= 4 is 11.4 Å². The van der Waals surface area contributed by atoms with Gasteiger partial charge in [-0.2, -0.15) is 8.78 Å². The minimum atomic E-state index is -4.57. The minimum absolute atomic E-state index is 0.292. The Morgan fingerprint density at radius 1 is 1.16 bits per heavy atom. The summed E-state index contributed by atoms with van der Waals surface area (Å²) < 4.78 is 49.5. The van der Waals surface area contributed by atoms with Crippen molar-refractivity contribution in [2.75, 3.05) is 0 Å². The topological polar surface area (TPSA) is 86.3 Å². The van der Waals surface area contributed by atoms with Crippen LogP contribution < -0.4 is 0 Å². The summed E-state index contributed by atoms with van der Waals surface area (Å²) in [5, 5.41) is 21.0. The van der Waals surface area contributed by atoms with Crippen molar-refractivity contribution < 1.29 is 27.4 Å². The van der Waals surface area contributed by atoms with Crippen LogP contribution in [0.15, 0.2) is 18.2 Å². The molecular formula is C9H5F4N2O4. The summed E-state index contributed by atoms with van der Waals surface area (Å²) in [7, 11) is 0. The number of non-ortho nitro benzene ring substituents is 1. The van der Waals surface area contributed by atoms with Gasteiger partial charge < -0.3 is 0 Å². The molecule has 0 amide bonds. The quantitative estimate of drug-likeness (QED) is 0.471. The SMILES string of the molecule is O=[N+]([O-])c1ccc([CH]C(F)(F)C(F)F)c([N+](=O)[O-])c1. The number of nitro benzene ring substituents is 2. The van der Waals surface area contributed by atoms with E-state index in [4.69, 9.17) is 0 Å². The number of halogens is 4. The van der Waals surface area contributed by atoms with E-state index in [1.807, 2.05) is 0 Å². The average Bonchev–Trinajstić information content (AvgIpc) is 2.28. The first kappa shape index (κ1) is 14.8. The van der Waals surface area contributed by atoms with E-state index in [1.165, 1.54) is 0 Å². The molecule has 0 atom stereocenters. The smallest absolute Gasteiger partial charge is 0.258 e. The lowest BCUT2D eigenvalue weighted by atomic mass is 10.0. The highest BCUT2D eigenvalue weighted by atomic mass is 19.3. The molecule has 0 fully saturated rings. The van der Waals surface area contributed by atoms with Crippen molar-refractivity contribution in [3.8, 4) is 0 Å². The van der Waals surface area contributed by atoms with Gasteiger partial charge in [-0.05, 0) is 6.07 Å². The van der Waals surface area contributed by atoms with Gasteiger partial charge in [0.15, 0.2) is 0 Å². The Morgan fingerprint density at radius 2 is 1.74 bits per heavy atom. The molecule has 1 aromatic carbocycles. The highest BCUT2D eigenvalue weighted by Gasteiger charge is 2.43. The number of rotatable bonds is 5. The van der Waals surface area contributed by atoms with Crippen LogP contribution in [0.4, 0.5) is 28.9 Å². The first-order valence-electron chi connectivity index (χ1n) is 4.60. The van der Waals surface area contributed by atoms with Gasteiger partial charge in [0.05, 0.1) is 22.3 Å². The molecule has 6 nitrogen and oxygen atoms in total. The minimum Gasteiger partial charge on any atom is -0.258 e. The summed E-state index contributed by atoms with van der Waals surface area (Å²) in [5.74, 6) is -4.57. The van der Waals surface area contributed by atoms with Crippen molar-refractivity contribution in [2.24, 2.45) is 0 Å². The molecule has 1 aromatic rings. The number of nitrogens with zero attached hydrogens (tertiary/aromatic N) is 2. The number of hydrogen-bond donors (Lipinski definition) is 0. The third-order valence-electron chi connectivity index (χ3n) is 2.06. The van der Waals surface area contributed by atoms with Crippen LogP contribution in [0.25, 0.3) is 0 Å². The molecule has 1 radical (unpaired) electrons. The van der Waals surface area contributed by atoms with E-state index in [-0.39, 0.29) is 6.42 Å². The molecule has 0 saturated heterocycles. The maximum Gasteiger partial charge on any atom is 0.315 e. The Kier molecular flexibility index (Phi) is 4.02. The number of benzene rings is 1.